The first-order valence-electron chi connectivity index (χ1n) is 4.69. The van der Waals surface area contributed by atoms with E-state index in [4.69, 9.17) is 5.73 Å². The van der Waals surface area contributed by atoms with E-state index in [0.717, 1.165) is 0 Å². The molecule has 2 rings (SSSR count). The Morgan fingerprint density at radius 3 is 2.17 bits per heavy atom. The van der Waals surface area contributed by atoms with Crippen molar-refractivity contribution < 1.29 is 30.8 Å². The number of sulfonamides is 1. The number of nitrogens with one attached hydrogen (secondary N) is 2. The zero-order chi connectivity index (χ0) is 12.3. The van der Waals surface area contributed by atoms with Crippen LogP contribution in [0.4, 0.5) is 11.6 Å². The zero-order valence-corrected chi connectivity index (χ0v) is 11.3. The largest absolute Gasteiger partial charge is 1.00 e. The van der Waals surface area contributed by atoms with Crippen LogP contribution in [0.15, 0.2) is 47.6 Å². The van der Waals surface area contributed by atoms with Gasteiger partial charge in [0.2, 0.25) is 5.95 Å². The van der Waals surface area contributed by atoms with Crippen LogP contribution >= 0.6 is 0 Å². The van der Waals surface area contributed by atoms with E-state index in [9.17, 15) is 8.42 Å². The molecule has 6 nitrogen and oxygen atoms in total. The van der Waals surface area contributed by atoms with Crippen LogP contribution in [0, 0.1) is 0 Å². The minimum absolute atomic E-state index is 0. The molecule has 2 aromatic rings. The van der Waals surface area contributed by atoms with Crippen molar-refractivity contribution >= 4 is 21.7 Å². The van der Waals surface area contributed by atoms with Crippen molar-refractivity contribution in [2.45, 2.75) is 4.90 Å². The van der Waals surface area contributed by atoms with Crippen LogP contribution in [0.3, 0.4) is 0 Å². The molecule has 1 heterocycles. The van der Waals surface area contributed by atoms with Gasteiger partial charge in [-0.05, 0) is 18.2 Å². The normalized spacial score (nSPS) is 10.4. The summed E-state index contributed by atoms with van der Waals surface area (Å²) >= 11 is 0. The Morgan fingerprint density at radius 2 is 1.61 bits per heavy atom. The maximum absolute atomic E-state index is 11.9. The topological polar surface area (TPSA) is 95.8 Å². The van der Waals surface area contributed by atoms with E-state index in [2.05, 4.69) is 14.7 Å². The third-order valence-corrected chi connectivity index (χ3v) is 3.30. The summed E-state index contributed by atoms with van der Waals surface area (Å²) in [5.74, 6) is 0.0162. The standard InChI is InChI=1S/C10H9N4O2S.Ag/c11-8-2-4-9(5-3-8)17(15,16)14-10-12-6-1-7-13-10;/h1-7,11H,(H,12,13,14);/q-1;+1. The molecule has 0 radical (unpaired) electrons. The first-order valence-corrected chi connectivity index (χ1v) is 6.18. The summed E-state index contributed by atoms with van der Waals surface area (Å²) in [6.07, 6.45) is 2.88. The van der Waals surface area contributed by atoms with Gasteiger partial charge in [-0.1, -0.05) is 12.1 Å². The molecule has 18 heavy (non-hydrogen) atoms. The minimum atomic E-state index is -3.69. The third kappa shape index (κ3) is 3.54. The van der Waals surface area contributed by atoms with Gasteiger partial charge in [0.15, 0.2) is 0 Å². The molecule has 0 bridgehead atoms. The Morgan fingerprint density at radius 1 is 1.06 bits per heavy atom. The van der Waals surface area contributed by atoms with Crippen molar-refractivity contribution in [3.8, 4) is 0 Å². The first-order chi connectivity index (χ1) is 8.08. The Kier molecular flexibility index (Phi) is 4.85. The molecular weight excluding hydrogens is 348 g/mol. The number of nitrogens with zero attached hydrogens (tertiary/aromatic N) is 2. The molecule has 0 spiro atoms. The summed E-state index contributed by atoms with van der Waals surface area (Å²) in [6, 6.07) is 7.11. The number of hydrogen-bond acceptors (Lipinski definition) is 4. The van der Waals surface area contributed by atoms with E-state index in [0.29, 0.717) is 0 Å². The van der Waals surface area contributed by atoms with Crippen molar-refractivity contribution in [1.82, 2.24) is 9.97 Å². The number of anilines is 1. The summed E-state index contributed by atoms with van der Waals surface area (Å²) < 4.78 is 26.0. The van der Waals surface area contributed by atoms with E-state index in [1.165, 1.54) is 36.7 Å². The van der Waals surface area contributed by atoms with E-state index >= 15 is 0 Å². The molecule has 2 N–H and O–H groups in total. The molecule has 0 saturated carbocycles. The van der Waals surface area contributed by atoms with Crippen molar-refractivity contribution in [1.29, 1.82) is 0 Å². The van der Waals surface area contributed by atoms with Gasteiger partial charge in [-0.3, -0.25) is 0 Å². The van der Waals surface area contributed by atoms with Gasteiger partial charge in [-0.15, -0.1) is 5.69 Å². The summed E-state index contributed by atoms with van der Waals surface area (Å²) in [7, 11) is -3.69. The molecule has 0 fully saturated rings. The van der Waals surface area contributed by atoms with Gasteiger partial charge in [0.1, 0.15) is 0 Å². The molecule has 1 aromatic heterocycles. The predicted molar refractivity (Wildman–Crippen MR) is 63.3 cm³/mol. The van der Waals surface area contributed by atoms with Crippen molar-refractivity contribution in [3.05, 3.63) is 48.5 Å². The molecule has 0 aliphatic rings. The maximum Gasteiger partial charge on any atom is 1.00 e. The van der Waals surface area contributed by atoms with E-state index in [-0.39, 0.29) is 38.9 Å². The average molecular weight is 357 g/mol. The Hall–Kier alpha value is -1.41. The fraction of sp³-hybridized carbons (Fsp3) is 0. The van der Waals surface area contributed by atoms with Gasteiger partial charge in [0.25, 0.3) is 10.0 Å². The molecule has 0 saturated heterocycles. The molecule has 0 aliphatic carbocycles. The van der Waals surface area contributed by atoms with Gasteiger partial charge in [0, 0.05) is 12.4 Å². The summed E-state index contributed by atoms with van der Waals surface area (Å²) in [4.78, 5) is 7.61. The van der Waals surface area contributed by atoms with Gasteiger partial charge >= 0.3 is 22.4 Å². The minimum Gasteiger partial charge on any atom is -0.699 e. The number of rotatable bonds is 3. The summed E-state index contributed by atoms with van der Waals surface area (Å²) in [5, 5.41) is 0. The molecule has 0 unspecified atom stereocenters. The van der Waals surface area contributed by atoms with Crippen LogP contribution in [0.2, 0.25) is 0 Å². The van der Waals surface area contributed by atoms with E-state index in [1.807, 2.05) is 0 Å². The summed E-state index contributed by atoms with van der Waals surface area (Å²) in [5.41, 5.74) is 7.53. The van der Waals surface area contributed by atoms with Crippen LogP contribution in [0.1, 0.15) is 0 Å². The molecular formula is C10H9AgN4O2S. The second kappa shape index (κ2) is 5.96. The van der Waals surface area contributed by atoms with E-state index < -0.39 is 10.0 Å². The quantitative estimate of drug-likeness (QED) is 0.850. The van der Waals surface area contributed by atoms with Gasteiger partial charge in [-0.25, -0.2) is 23.1 Å². The Bertz CT molecular complexity index is 602. The second-order valence-corrected chi connectivity index (χ2v) is 4.88. The smallest absolute Gasteiger partial charge is 0.699 e. The van der Waals surface area contributed by atoms with Crippen molar-refractivity contribution in [2.75, 3.05) is 4.72 Å². The third-order valence-electron chi connectivity index (χ3n) is 1.96. The van der Waals surface area contributed by atoms with Crippen LogP contribution in [0.25, 0.3) is 5.73 Å². The fourth-order valence-electron chi connectivity index (χ4n) is 1.16. The molecule has 8 heteroatoms. The van der Waals surface area contributed by atoms with Gasteiger partial charge in [0.05, 0.1) is 4.90 Å². The van der Waals surface area contributed by atoms with Crippen molar-refractivity contribution in [3.63, 3.8) is 0 Å². The molecule has 0 atom stereocenters. The van der Waals surface area contributed by atoms with Crippen LogP contribution in [-0.4, -0.2) is 18.4 Å². The van der Waals surface area contributed by atoms with Crippen LogP contribution in [0.5, 0.6) is 0 Å². The Labute approximate surface area is 120 Å². The summed E-state index contributed by atoms with van der Waals surface area (Å²) in [6.45, 7) is 0. The zero-order valence-electron chi connectivity index (χ0n) is 8.96. The molecule has 0 amide bonds. The first kappa shape index (κ1) is 14.7. The number of aromatic nitrogens is 2. The van der Waals surface area contributed by atoms with Crippen LogP contribution in [-0.2, 0) is 32.4 Å². The van der Waals surface area contributed by atoms with Crippen LogP contribution < -0.4 is 4.72 Å². The average Bonchev–Trinajstić information content (AvgIpc) is 2.30. The number of hydrogen-bond donors (Lipinski definition) is 1. The maximum atomic E-state index is 11.9. The molecule has 0 aliphatic heterocycles. The van der Waals surface area contributed by atoms with Gasteiger partial charge in [-0.2, -0.15) is 0 Å². The Balaban J connectivity index is 0.00000162. The molecule has 98 valence electrons. The monoisotopic (exact) mass is 356 g/mol. The SMILES string of the molecule is [Ag+].[NH-]c1ccc(S(=O)(=O)Nc2ncccn2)cc1. The van der Waals surface area contributed by atoms with Gasteiger partial charge < -0.3 is 5.73 Å². The number of benzene rings is 1. The van der Waals surface area contributed by atoms with E-state index in [1.54, 1.807) is 6.07 Å². The van der Waals surface area contributed by atoms with Crippen molar-refractivity contribution in [2.24, 2.45) is 0 Å². The second-order valence-electron chi connectivity index (χ2n) is 3.20. The predicted octanol–water partition coefficient (Wildman–Crippen LogP) is 1.96. The molecule has 1 aromatic carbocycles. The fourth-order valence-corrected chi connectivity index (χ4v) is 2.12.